The molecule has 9 nitrogen and oxygen atoms in total. The van der Waals surface area contributed by atoms with E-state index in [1.807, 2.05) is 0 Å². The third kappa shape index (κ3) is 4.06. The van der Waals surface area contributed by atoms with Crippen LogP contribution in [0.2, 0.25) is 5.02 Å². The topological polar surface area (TPSA) is 140 Å². The summed E-state index contributed by atoms with van der Waals surface area (Å²) in [6.45, 7) is 0.182. The average Bonchev–Trinajstić information content (AvgIpc) is 3.59. The molecule has 0 bridgehead atoms. The van der Waals surface area contributed by atoms with E-state index in [1.165, 1.54) is 6.20 Å². The van der Waals surface area contributed by atoms with Crippen molar-refractivity contribution in [2.75, 3.05) is 5.73 Å². The number of H-pyrrole nitrogens is 1. The lowest BCUT2D eigenvalue weighted by atomic mass is 10.0. The Balaban J connectivity index is 1.79. The Morgan fingerprint density at radius 1 is 1.24 bits per heavy atom. The van der Waals surface area contributed by atoms with Crippen LogP contribution < -0.4 is 16.0 Å². The van der Waals surface area contributed by atoms with Gasteiger partial charge >= 0.3 is 0 Å². The van der Waals surface area contributed by atoms with Gasteiger partial charge in [-0.3, -0.25) is 9.59 Å². The molecular formula is C23H20ClN5O4S. The SMILES string of the molecule is Nc1cc(Cn2c(C(=O)NS(=O)(=O)C3CC3)c(-c3ccc[nH]c3=O)c3cc(Cl)ccc32)ccn1. The van der Waals surface area contributed by atoms with E-state index in [2.05, 4.69) is 14.7 Å². The van der Waals surface area contributed by atoms with Crippen molar-refractivity contribution >= 4 is 44.3 Å². The van der Waals surface area contributed by atoms with E-state index in [0.717, 1.165) is 5.56 Å². The number of carbonyl (C=O) groups is 1. The van der Waals surface area contributed by atoms with E-state index in [1.54, 1.807) is 53.2 Å². The van der Waals surface area contributed by atoms with Gasteiger partial charge in [0.1, 0.15) is 11.5 Å². The molecule has 34 heavy (non-hydrogen) atoms. The molecule has 5 rings (SSSR count). The van der Waals surface area contributed by atoms with Gasteiger partial charge in [0.25, 0.3) is 11.5 Å². The Labute approximate surface area is 199 Å². The Morgan fingerprint density at radius 3 is 2.74 bits per heavy atom. The van der Waals surface area contributed by atoms with E-state index >= 15 is 0 Å². The first kappa shape index (κ1) is 22.2. The Bertz CT molecular complexity index is 1610. The smallest absolute Gasteiger partial charge is 0.282 e. The summed E-state index contributed by atoms with van der Waals surface area (Å²) in [7, 11) is -3.84. The summed E-state index contributed by atoms with van der Waals surface area (Å²) in [4.78, 5) is 32.9. The van der Waals surface area contributed by atoms with Crippen molar-refractivity contribution in [1.82, 2.24) is 19.3 Å². The van der Waals surface area contributed by atoms with E-state index in [4.69, 9.17) is 17.3 Å². The molecule has 0 radical (unpaired) electrons. The van der Waals surface area contributed by atoms with Crippen LogP contribution in [-0.4, -0.2) is 34.1 Å². The van der Waals surface area contributed by atoms with E-state index in [-0.39, 0.29) is 17.8 Å². The first-order valence-electron chi connectivity index (χ1n) is 10.5. The first-order valence-corrected chi connectivity index (χ1v) is 12.4. The summed E-state index contributed by atoms with van der Waals surface area (Å²) in [5.74, 6) is -0.515. The Kier molecular flexibility index (Phi) is 5.41. The molecule has 3 heterocycles. The predicted molar refractivity (Wildman–Crippen MR) is 130 cm³/mol. The summed E-state index contributed by atoms with van der Waals surface area (Å²) in [6, 6.07) is 11.7. The third-order valence-electron chi connectivity index (χ3n) is 5.71. The molecule has 11 heteroatoms. The average molecular weight is 498 g/mol. The fourth-order valence-electron chi connectivity index (χ4n) is 4.03. The van der Waals surface area contributed by atoms with Gasteiger partial charge in [0.2, 0.25) is 10.0 Å². The highest BCUT2D eigenvalue weighted by molar-refractivity contribution is 7.91. The minimum Gasteiger partial charge on any atom is -0.384 e. The molecule has 0 unspecified atom stereocenters. The number of halogens is 1. The molecule has 0 aliphatic heterocycles. The molecule has 3 aromatic heterocycles. The number of anilines is 1. The van der Waals surface area contributed by atoms with Gasteiger partial charge in [-0.25, -0.2) is 18.1 Å². The van der Waals surface area contributed by atoms with Crippen molar-refractivity contribution in [2.24, 2.45) is 0 Å². The minimum atomic E-state index is -3.84. The van der Waals surface area contributed by atoms with Crippen LogP contribution >= 0.6 is 11.6 Å². The largest absolute Gasteiger partial charge is 0.384 e. The zero-order valence-corrected chi connectivity index (χ0v) is 19.4. The highest BCUT2D eigenvalue weighted by Crippen LogP contribution is 2.36. The number of nitrogens with two attached hydrogens (primary N) is 1. The summed E-state index contributed by atoms with van der Waals surface area (Å²) in [5.41, 5.74) is 7.32. The molecule has 0 saturated heterocycles. The molecule has 174 valence electrons. The van der Waals surface area contributed by atoms with Crippen LogP contribution in [0.1, 0.15) is 28.9 Å². The molecular weight excluding hydrogens is 478 g/mol. The number of aromatic amines is 1. The van der Waals surface area contributed by atoms with Crippen LogP contribution in [0.5, 0.6) is 0 Å². The number of rotatable bonds is 6. The van der Waals surface area contributed by atoms with Gasteiger partial charge in [-0.05, 0) is 60.9 Å². The molecule has 1 fully saturated rings. The lowest BCUT2D eigenvalue weighted by Crippen LogP contribution is -2.35. The number of hydrogen-bond donors (Lipinski definition) is 3. The van der Waals surface area contributed by atoms with Crippen LogP contribution in [0.4, 0.5) is 5.82 Å². The molecule has 4 aromatic rings. The summed E-state index contributed by atoms with van der Waals surface area (Å²) < 4.78 is 29.1. The molecule has 0 spiro atoms. The van der Waals surface area contributed by atoms with E-state index < -0.39 is 26.7 Å². The third-order valence-corrected chi connectivity index (χ3v) is 7.77. The van der Waals surface area contributed by atoms with Crippen molar-refractivity contribution in [3.8, 4) is 11.1 Å². The maximum Gasteiger partial charge on any atom is 0.282 e. The number of nitrogen functional groups attached to an aromatic ring is 1. The van der Waals surface area contributed by atoms with Crippen molar-refractivity contribution in [1.29, 1.82) is 0 Å². The molecule has 4 N–H and O–H groups in total. The van der Waals surface area contributed by atoms with E-state index in [0.29, 0.717) is 40.1 Å². The second-order valence-corrected chi connectivity index (χ2v) is 10.5. The van der Waals surface area contributed by atoms with Gasteiger partial charge in [0.15, 0.2) is 0 Å². The van der Waals surface area contributed by atoms with E-state index in [9.17, 15) is 18.0 Å². The fourth-order valence-corrected chi connectivity index (χ4v) is 5.48. The number of carbonyl (C=O) groups excluding carboxylic acids is 1. The zero-order valence-electron chi connectivity index (χ0n) is 17.8. The van der Waals surface area contributed by atoms with Gasteiger partial charge < -0.3 is 15.3 Å². The predicted octanol–water partition coefficient (Wildman–Crippen LogP) is 2.90. The standard InChI is InChI=1S/C23H20ClN5O4S/c24-14-3-6-18-17(11-14)20(16-2-1-8-27-22(16)30)21(23(31)28-34(32,33)15-4-5-15)29(18)12-13-7-9-26-19(25)10-13/h1-3,6-11,15H,4-5,12H2,(H2,25,26)(H,27,30)(H,28,31). The lowest BCUT2D eigenvalue weighted by Gasteiger charge is -2.13. The number of fused-ring (bicyclic) bond motifs is 1. The molecule has 0 atom stereocenters. The second kappa shape index (κ2) is 8.30. The molecule has 1 aliphatic carbocycles. The number of nitrogens with one attached hydrogen (secondary N) is 2. The lowest BCUT2D eigenvalue weighted by molar-refractivity contribution is 0.0974. The number of aromatic nitrogens is 3. The fraction of sp³-hybridized carbons (Fsp3) is 0.174. The minimum absolute atomic E-state index is 0.0357. The molecule has 1 aromatic carbocycles. The second-order valence-electron chi connectivity index (χ2n) is 8.15. The quantitative estimate of drug-likeness (QED) is 0.374. The Morgan fingerprint density at radius 2 is 2.03 bits per heavy atom. The monoisotopic (exact) mass is 497 g/mol. The molecule has 1 amide bonds. The van der Waals surface area contributed by atoms with Gasteiger partial charge in [-0.2, -0.15) is 0 Å². The number of nitrogens with zero attached hydrogens (tertiary/aromatic N) is 2. The van der Waals surface area contributed by atoms with Crippen LogP contribution in [0.3, 0.4) is 0 Å². The highest BCUT2D eigenvalue weighted by Gasteiger charge is 2.38. The number of pyridine rings is 2. The van der Waals surface area contributed by atoms with Crippen LogP contribution in [0.15, 0.2) is 59.7 Å². The zero-order chi connectivity index (χ0) is 24.0. The summed E-state index contributed by atoms with van der Waals surface area (Å²) in [6.07, 6.45) is 4.04. The van der Waals surface area contributed by atoms with Crippen molar-refractivity contribution in [3.63, 3.8) is 0 Å². The van der Waals surface area contributed by atoms with Crippen molar-refractivity contribution in [2.45, 2.75) is 24.6 Å². The van der Waals surface area contributed by atoms with Crippen molar-refractivity contribution < 1.29 is 13.2 Å². The van der Waals surface area contributed by atoms with Gasteiger partial charge in [-0.15, -0.1) is 0 Å². The number of amides is 1. The molecule has 1 saturated carbocycles. The highest BCUT2D eigenvalue weighted by atomic mass is 35.5. The van der Waals surface area contributed by atoms with Crippen LogP contribution in [0, 0.1) is 0 Å². The summed E-state index contributed by atoms with van der Waals surface area (Å²) in [5, 5.41) is 0.358. The van der Waals surface area contributed by atoms with Gasteiger partial charge in [-0.1, -0.05) is 11.6 Å². The van der Waals surface area contributed by atoms with Crippen LogP contribution in [-0.2, 0) is 16.6 Å². The van der Waals surface area contributed by atoms with Gasteiger partial charge in [0, 0.05) is 46.0 Å². The maximum absolute atomic E-state index is 13.5. The van der Waals surface area contributed by atoms with Crippen molar-refractivity contribution in [3.05, 3.63) is 81.5 Å². The number of benzene rings is 1. The van der Waals surface area contributed by atoms with Crippen LogP contribution in [0.25, 0.3) is 22.0 Å². The first-order chi connectivity index (χ1) is 16.2. The Hall–Kier alpha value is -3.63. The number of hydrogen-bond acceptors (Lipinski definition) is 6. The maximum atomic E-state index is 13.5. The van der Waals surface area contributed by atoms with Gasteiger partial charge in [0.05, 0.1) is 5.25 Å². The number of sulfonamides is 1. The molecule has 1 aliphatic rings. The summed E-state index contributed by atoms with van der Waals surface area (Å²) >= 11 is 6.28. The normalized spacial score (nSPS) is 13.8.